The van der Waals surface area contributed by atoms with E-state index >= 15 is 0 Å². The third kappa shape index (κ3) is 5.53. The number of nitrogens with zero attached hydrogens (tertiary/aromatic N) is 6. The number of hydrogen-bond donors (Lipinski definition) is 1. The van der Waals surface area contributed by atoms with Gasteiger partial charge in [-0.3, -0.25) is 4.79 Å². The normalized spacial score (nSPS) is 15.6. The van der Waals surface area contributed by atoms with Crippen LogP contribution in [0.5, 0.6) is 0 Å². The highest BCUT2D eigenvalue weighted by molar-refractivity contribution is 5.94. The molecule has 1 N–H and O–H groups in total. The average molecular weight is 534 g/mol. The molecule has 202 valence electrons. The number of piperazine rings is 1. The number of ether oxygens (including phenoxy) is 1. The number of carbonyl (C=O) groups excluding carboxylic acids is 1. The smallest absolute Gasteiger partial charge is 0.236 e. The van der Waals surface area contributed by atoms with Crippen molar-refractivity contribution in [1.29, 1.82) is 5.26 Å². The monoisotopic (exact) mass is 533 g/mol. The molecule has 40 heavy (non-hydrogen) atoms. The number of morpholine rings is 1. The molecular weight excluding hydrogens is 502 g/mol. The molecule has 0 unspecified atom stereocenters. The van der Waals surface area contributed by atoms with Crippen molar-refractivity contribution in [3.05, 3.63) is 72.9 Å². The Morgan fingerprint density at radius 1 is 0.875 bits per heavy atom. The second-order valence-electron chi connectivity index (χ2n) is 9.96. The van der Waals surface area contributed by atoms with Gasteiger partial charge in [0.15, 0.2) is 0 Å². The molecular formula is C31H31N7O2. The SMILES string of the molecule is N#CCC(=O)N1CCN(c2ccc(Nc3ncc4cccc(-c5ccc(N6CCOCC6)cc5)c4n3)cc2)CC1. The van der Waals surface area contributed by atoms with Gasteiger partial charge in [0, 0.05) is 73.5 Å². The third-order valence-corrected chi connectivity index (χ3v) is 7.52. The van der Waals surface area contributed by atoms with Crippen LogP contribution in [0.3, 0.4) is 0 Å². The molecule has 0 bridgehead atoms. The van der Waals surface area contributed by atoms with E-state index in [4.69, 9.17) is 15.0 Å². The predicted octanol–water partition coefficient (Wildman–Crippen LogP) is 4.44. The minimum Gasteiger partial charge on any atom is -0.378 e. The number of anilines is 4. The Hall–Kier alpha value is -4.68. The van der Waals surface area contributed by atoms with Crippen LogP contribution in [0.15, 0.2) is 72.9 Å². The molecule has 0 atom stereocenters. The van der Waals surface area contributed by atoms with Crippen molar-refractivity contribution in [2.45, 2.75) is 6.42 Å². The van der Waals surface area contributed by atoms with Gasteiger partial charge in [0.05, 0.1) is 24.8 Å². The van der Waals surface area contributed by atoms with E-state index in [0.29, 0.717) is 19.0 Å². The molecule has 1 aromatic heterocycles. The number of rotatable bonds is 6. The largest absolute Gasteiger partial charge is 0.378 e. The van der Waals surface area contributed by atoms with E-state index in [2.05, 4.69) is 62.6 Å². The van der Waals surface area contributed by atoms with Crippen LogP contribution in [-0.2, 0) is 9.53 Å². The molecule has 9 nitrogen and oxygen atoms in total. The van der Waals surface area contributed by atoms with Crippen molar-refractivity contribution in [1.82, 2.24) is 14.9 Å². The maximum absolute atomic E-state index is 12.0. The molecule has 1 amide bonds. The summed E-state index contributed by atoms with van der Waals surface area (Å²) in [6, 6.07) is 25.0. The molecule has 6 rings (SSSR count). The quantitative estimate of drug-likeness (QED) is 0.389. The maximum atomic E-state index is 12.0. The zero-order chi connectivity index (χ0) is 27.3. The van der Waals surface area contributed by atoms with Crippen molar-refractivity contribution in [3.8, 4) is 17.2 Å². The van der Waals surface area contributed by atoms with Crippen LogP contribution in [-0.4, -0.2) is 73.3 Å². The zero-order valence-electron chi connectivity index (χ0n) is 22.3. The van der Waals surface area contributed by atoms with Crippen molar-refractivity contribution in [2.24, 2.45) is 0 Å². The summed E-state index contributed by atoms with van der Waals surface area (Å²) in [5.74, 6) is 0.451. The molecule has 9 heteroatoms. The molecule has 3 heterocycles. The molecule has 2 aliphatic rings. The van der Waals surface area contributed by atoms with E-state index in [1.165, 1.54) is 5.69 Å². The number of benzene rings is 3. The molecule has 4 aromatic rings. The number of hydrogen-bond acceptors (Lipinski definition) is 8. The first kappa shape index (κ1) is 25.6. The summed E-state index contributed by atoms with van der Waals surface area (Å²) in [7, 11) is 0. The number of amides is 1. The Bertz CT molecular complexity index is 1520. The van der Waals surface area contributed by atoms with Gasteiger partial charge in [-0.25, -0.2) is 9.97 Å². The fourth-order valence-corrected chi connectivity index (χ4v) is 5.30. The maximum Gasteiger partial charge on any atom is 0.236 e. The van der Waals surface area contributed by atoms with Crippen molar-refractivity contribution in [3.63, 3.8) is 0 Å². The fraction of sp³-hybridized carbons (Fsp3) is 0.290. The van der Waals surface area contributed by atoms with E-state index in [9.17, 15) is 4.79 Å². The van der Waals surface area contributed by atoms with E-state index in [1.807, 2.05) is 36.5 Å². The summed E-state index contributed by atoms with van der Waals surface area (Å²) >= 11 is 0. The molecule has 3 aromatic carbocycles. The van der Waals surface area contributed by atoms with Crippen LogP contribution in [0, 0.1) is 11.3 Å². The fourth-order valence-electron chi connectivity index (χ4n) is 5.30. The van der Waals surface area contributed by atoms with Crippen LogP contribution < -0.4 is 15.1 Å². The minimum absolute atomic E-state index is 0.0556. The summed E-state index contributed by atoms with van der Waals surface area (Å²) < 4.78 is 5.48. The van der Waals surface area contributed by atoms with Crippen LogP contribution in [0.2, 0.25) is 0 Å². The van der Waals surface area contributed by atoms with Crippen LogP contribution in [0.4, 0.5) is 23.0 Å². The van der Waals surface area contributed by atoms with Gasteiger partial charge in [-0.1, -0.05) is 30.3 Å². The van der Waals surface area contributed by atoms with E-state index < -0.39 is 0 Å². The Balaban J connectivity index is 1.15. The second-order valence-corrected chi connectivity index (χ2v) is 9.96. The second kappa shape index (κ2) is 11.6. The van der Waals surface area contributed by atoms with Gasteiger partial charge < -0.3 is 24.8 Å². The number of para-hydroxylation sites is 1. The van der Waals surface area contributed by atoms with Crippen LogP contribution in [0.1, 0.15) is 6.42 Å². The van der Waals surface area contributed by atoms with Gasteiger partial charge in [-0.15, -0.1) is 0 Å². The first-order chi connectivity index (χ1) is 19.7. The lowest BCUT2D eigenvalue weighted by Gasteiger charge is -2.35. The Morgan fingerprint density at radius 3 is 2.25 bits per heavy atom. The summed E-state index contributed by atoms with van der Waals surface area (Å²) in [5.41, 5.74) is 6.30. The van der Waals surface area contributed by atoms with E-state index in [0.717, 1.165) is 72.8 Å². The summed E-state index contributed by atoms with van der Waals surface area (Å²) in [4.78, 5) is 27.8. The highest BCUT2D eigenvalue weighted by atomic mass is 16.5. The summed E-state index contributed by atoms with van der Waals surface area (Å²) in [5, 5.41) is 13.1. The van der Waals surface area contributed by atoms with Gasteiger partial charge in [-0.05, 0) is 42.0 Å². The number of nitrogens with one attached hydrogen (secondary N) is 1. The lowest BCUT2D eigenvalue weighted by atomic mass is 10.0. The van der Waals surface area contributed by atoms with Crippen molar-refractivity contribution >= 4 is 39.8 Å². The Morgan fingerprint density at radius 2 is 1.55 bits per heavy atom. The van der Waals surface area contributed by atoms with Crippen LogP contribution in [0.25, 0.3) is 22.0 Å². The van der Waals surface area contributed by atoms with Crippen LogP contribution >= 0.6 is 0 Å². The lowest BCUT2D eigenvalue weighted by molar-refractivity contribution is -0.130. The molecule has 0 radical (unpaired) electrons. The van der Waals surface area contributed by atoms with Gasteiger partial charge in [0.1, 0.15) is 6.42 Å². The highest BCUT2D eigenvalue weighted by Gasteiger charge is 2.21. The first-order valence-electron chi connectivity index (χ1n) is 13.6. The molecule has 2 fully saturated rings. The lowest BCUT2D eigenvalue weighted by Crippen LogP contribution is -2.48. The molecule has 2 aliphatic heterocycles. The highest BCUT2D eigenvalue weighted by Crippen LogP contribution is 2.30. The first-order valence-corrected chi connectivity index (χ1v) is 13.6. The number of fused-ring (bicyclic) bond motifs is 1. The Labute approximate surface area is 233 Å². The molecule has 2 saturated heterocycles. The van der Waals surface area contributed by atoms with E-state index in [-0.39, 0.29) is 12.3 Å². The topological polar surface area (TPSA) is 97.6 Å². The molecule has 0 saturated carbocycles. The number of aromatic nitrogens is 2. The van der Waals surface area contributed by atoms with E-state index in [1.54, 1.807) is 4.90 Å². The average Bonchev–Trinajstić information content (AvgIpc) is 3.02. The summed E-state index contributed by atoms with van der Waals surface area (Å²) in [6.45, 7) is 6.11. The van der Waals surface area contributed by atoms with Crippen molar-refractivity contribution < 1.29 is 9.53 Å². The standard InChI is InChI=1S/C31H31N7O2/c32-13-12-29(39)38-16-14-36(15-17-38)27-10-6-25(7-11-27)34-31-33-22-24-2-1-3-28(30(24)35-31)23-4-8-26(9-5-23)37-18-20-40-21-19-37/h1-11,22H,12,14-21H2,(H,33,34,35). The van der Waals surface area contributed by atoms with Crippen molar-refractivity contribution in [2.75, 3.05) is 67.6 Å². The third-order valence-electron chi connectivity index (χ3n) is 7.52. The predicted molar refractivity (Wildman–Crippen MR) is 157 cm³/mol. The zero-order valence-corrected chi connectivity index (χ0v) is 22.3. The minimum atomic E-state index is -0.0924. The summed E-state index contributed by atoms with van der Waals surface area (Å²) in [6.07, 6.45) is 1.80. The molecule has 0 aliphatic carbocycles. The van der Waals surface area contributed by atoms with Gasteiger partial charge in [-0.2, -0.15) is 5.26 Å². The van der Waals surface area contributed by atoms with Gasteiger partial charge in [0.2, 0.25) is 11.9 Å². The van der Waals surface area contributed by atoms with Gasteiger partial charge in [0.25, 0.3) is 0 Å². The molecule has 0 spiro atoms. The number of nitriles is 1. The van der Waals surface area contributed by atoms with Gasteiger partial charge >= 0.3 is 0 Å². The Kier molecular flexibility index (Phi) is 7.42. The number of carbonyl (C=O) groups is 1.